The Labute approximate surface area is 198 Å². The van der Waals surface area contributed by atoms with E-state index >= 15 is 0 Å². The molecule has 1 saturated heterocycles. The summed E-state index contributed by atoms with van der Waals surface area (Å²) >= 11 is 0. The van der Waals surface area contributed by atoms with Crippen LogP contribution in [0.4, 0.5) is 0 Å². The van der Waals surface area contributed by atoms with Crippen LogP contribution in [-0.4, -0.2) is 60.3 Å². The van der Waals surface area contributed by atoms with Gasteiger partial charge in [0.2, 0.25) is 23.6 Å². The molecule has 2 aromatic rings. The predicted molar refractivity (Wildman–Crippen MR) is 129 cm³/mol. The summed E-state index contributed by atoms with van der Waals surface area (Å²) in [6.07, 6.45) is 4.52. The molecular weight excluding hydrogens is 436 g/mol. The zero-order valence-electron chi connectivity index (χ0n) is 19.3. The molecule has 1 aliphatic rings. The molecule has 10 heteroatoms. The van der Waals surface area contributed by atoms with Gasteiger partial charge < -0.3 is 32.0 Å². The van der Waals surface area contributed by atoms with Gasteiger partial charge in [-0.05, 0) is 31.0 Å². The number of aromatic amines is 1. The Bertz CT molecular complexity index is 1000. The number of fused-ring (bicyclic) bond motifs is 1. The number of H-pyrrole nitrogens is 1. The van der Waals surface area contributed by atoms with Crippen LogP contribution in [0.5, 0.6) is 0 Å². The lowest BCUT2D eigenvalue weighted by Gasteiger charge is -2.23. The molecule has 2 heterocycles. The highest BCUT2D eigenvalue weighted by atomic mass is 16.2. The molecule has 0 spiro atoms. The van der Waals surface area contributed by atoms with E-state index in [4.69, 9.17) is 5.73 Å². The fourth-order valence-corrected chi connectivity index (χ4v) is 4.07. The Balaban J connectivity index is 1.80. The second-order valence-electron chi connectivity index (χ2n) is 8.58. The quantitative estimate of drug-likeness (QED) is 0.333. The molecule has 3 rings (SSSR count). The van der Waals surface area contributed by atoms with Gasteiger partial charge in [-0.15, -0.1) is 0 Å². The summed E-state index contributed by atoms with van der Waals surface area (Å²) in [4.78, 5) is 53.5. The minimum Gasteiger partial charge on any atom is -0.361 e. The molecular formula is C24H34N6O4. The third-order valence-electron chi connectivity index (χ3n) is 5.88. The van der Waals surface area contributed by atoms with Crippen molar-refractivity contribution in [3.63, 3.8) is 0 Å². The number of para-hydroxylation sites is 1. The molecule has 1 aromatic heterocycles. The first-order valence-electron chi connectivity index (χ1n) is 11.8. The van der Waals surface area contributed by atoms with Crippen molar-refractivity contribution < 1.29 is 19.2 Å². The van der Waals surface area contributed by atoms with Gasteiger partial charge in [-0.3, -0.25) is 19.2 Å². The number of benzene rings is 1. The Morgan fingerprint density at radius 3 is 2.41 bits per heavy atom. The van der Waals surface area contributed by atoms with Crippen molar-refractivity contribution in [3.05, 3.63) is 36.0 Å². The fourth-order valence-electron chi connectivity index (χ4n) is 4.07. The SMILES string of the molecule is NCCCC[C@H]1CC(=O)NCCC(=O)NCCC(=O)N[C@H](Cc2c[nH]c3ccccc23)C(=O)N1. The van der Waals surface area contributed by atoms with E-state index in [0.29, 0.717) is 13.0 Å². The Hall–Kier alpha value is -3.40. The Morgan fingerprint density at radius 1 is 0.882 bits per heavy atom. The number of nitrogens with two attached hydrogens (primary N) is 1. The molecule has 34 heavy (non-hydrogen) atoms. The average Bonchev–Trinajstić information content (AvgIpc) is 3.21. The summed E-state index contributed by atoms with van der Waals surface area (Å²) in [6.45, 7) is 0.881. The summed E-state index contributed by atoms with van der Waals surface area (Å²) in [6, 6.07) is 6.52. The maximum absolute atomic E-state index is 13.3. The third-order valence-corrected chi connectivity index (χ3v) is 5.88. The van der Waals surface area contributed by atoms with Crippen LogP contribution in [0.1, 0.15) is 44.1 Å². The minimum atomic E-state index is -0.826. The van der Waals surface area contributed by atoms with Gasteiger partial charge in [0.1, 0.15) is 6.04 Å². The van der Waals surface area contributed by atoms with Gasteiger partial charge >= 0.3 is 0 Å². The van der Waals surface area contributed by atoms with Crippen LogP contribution in [0, 0.1) is 0 Å². The molecule has 10 nitrogen and oxygen atoms in total. The van der Waals surface area contributed by atoms with Gasteiger partial charge in [0.15, 0.2) is 0 Å². The Kier molecular flexibility index (Phi) is 9.45. The van der Waals surface area contributed by atoms with Crippen molar-refractivity contribution in [2.75, 3.05) is 19.6 Å². The van der Waals surface area contributed by atoms with E-state index in [-0.39, 0.29) is 62.4 Å². The van der Waals surface area contributed by atoms with E-state index in [1.54, 1.807) is 0 Å². The number of nitrogens with one attached hydrogen (secondary N) is 5. The summed E-state index contributed by atoms with van der Waals surface area (Å²) in [5, 5.41) is 12.2. The van der Waals surface area contributed by atoms with Crippen LogP contribution in [0.25, 0.3) is 10.9 Å². The number of amides is 4. The molecule has 184 valence electrons. The number of unbranched alkanes of at least 4 members (excludes halogenated alkanes) is 1. The molecule has 0 radical (unpaired) electrons. The van der Waals surface area contributed by atoms with E-state index in [0.717, 1.165) is 29.3 Å². The number of hydrogen-bond acceptors (Lipinski definition) is 5. The zero-order valence-corrected chi connectivity index (χ0v) is 19.3. The first kappa shape index (κ1) is 25.2. The number of hydrogen-bond donors (Lipinski definition) is 6. The molecule has 2 atom stereocenters. The number of carbonyl (C=O) groups excluding carboxylic acids is 4. The predicted octanol–water partition coefficient (Wildman–Crippen LogP) is 0.225. The summed E-state index contributed by atoms with van der Waals surface area (Å²) in [5.41, 5.74) is 7.45. The van der Waals surface area contributed by atoms with Gasteiger partial charge in [-0.2, -0.15) is 0 Å². The second kappa shape index (κ2) is 12.7. The normalized spacial score (nSPS) is 21.1. The molecule has 4 amide bonds. The molecule has 0 aliphatic carbocycles. The topological polar surface area (TPSA) is 158 Å². The van der Waals surface area contributed by atoms with Crippen molar-refractivity contribution in [2.45, 2.75) is 57.0 Å². The summed E-state index contributed by atoms with van der Waals surface area (Å²) in [7, 11) is 0. The van der Waals surface area contributed by atoms with Gasteiger partial charge in [-0.25, -0.2) is 0 Å². The van der Waals surface area contributed by atoms with Crippen molar-refractivity contribution in [2.24, 2.45) is 5.73 Å². The monoisotopic (exact) mass is 470 g/mol. The first-order valence-corrected chi connectivity index (χ1v) is 11.8. The van der Waals surface area contributed by atoms with E-state index in [9.17, 15) is 19.2 Å². The van der Waals surface area contributed by atoms with Gasteiger partial charge in [0, 0.05) is 61.9 Å². The maximum atomic E-state index is 13.3. The molecule has 1 aliphatic heterocycles. The van der Waals surface area contributed by atoms with Crippen LogP contribution in [-0.2, 0) is 25.6 Å². The van der Waals surface area contributed by atoms with Gasteiger partial charge in [0.05, 0.1) is 0 Å². The standard InChI is InChI=1S/C24H34N6O4/c25-10-4-3-5-17-14-23(33)27-11-8-21(31)26-12-9-22(32)30-20(24(34)29-17)13-16-15-28-19-7-2-1-6-18(16)19/h1-2,6-7,15,17,20,28H,3-5,8-14,25H2,(H,26,31)(H,27,33)(H,29,34)(H,30,32)/t17-,20+/m0/s1. The highest BCUT2D eigenvalue weighted by molar-refractivity contribution is 5.90. The fraction of sp³-hybridized carbons (Fsp3) is 0.500. The van der Waals surface area contributed by atoms with Crippen LogP contribution in [0.3, 0.4) is 0 Å². The molecule has 7 N–H and O–H groups in total. The van der Waals surface area contributed by atoms with Crippen LogP contribution < -0.4 is 27.0 Å². The third kappa shape index (κ3) is 7.58. The molecule has 0 unspecified atom stereocenters. The summed E-state index contributed by atoms with van der Waals surface area (Å²) < 4.78 is 0. The highest BCUT2D eigenvalue weighted by Crippen LogP contribution is 2.19. The molecule has 1 fully saturated rings. The molecule has 0 bridgehead atoms. The van der Waals surface area contributed by atoms with Crippen molar-refractivity contribution >= 4 is 34.5 Å². The maximum Gasteiger partial charge on any atom is 0.243 e. The van der Waals surface area contributed by atoms with Crippen LogP contribution in [0.2, 0.25) is 0 Å². The average molecular weight is 471 g/mol. The van der Waals surface area contributed by atoms with Gasteiger partial charge in [0.25, 0.3) is 0 Å². The minimum absolute atomic E-state index is 0.0513. The largest absolute Gasteiger partial charge is 0.361 e. The lowest BCUT2D eigenvalue weighted by molar-refractivity contribution is -0.130. The van der Waals surface area contributed by atoms with Crippen molar-refractivity contribution in [1.29, 1.82) is 0 Å². The van der Waals surface area contributed by atoms with E-state index in [1.807, 2.05) is 30.5 Å². The molecule has 0 saturated carbocycles. The molecule has 1 aromatic carbocycles. The van der Waals surface area contributed by atoms with E-state index in [2.05, 4.69) is 26.3 Å². The second-order valence-corrected chi connectivity index (χ2v) is 8.58. The van der Waals surface area contributed by atoms with Crippen molar-refractivity contribution in [3.8, 4) is 0 Å². The van der Waals surface area contributed by atoms with E-state index in [1.165, 1.54) is 0 Å². The van der Waals surface area contributed by atoms with Crippen molar-refractivity contribution in [1.82, 2.24) is 26.3 Å². The number of rotatable bonds is 6. The van der Waals surface area contributed by atoms with Gasteiger partial charge in [-0.1, -0.05) is 24.6 Å². The highest BCUT2D eigenvalue weighted by Gasteiger charge is 2.26. The lowest BCUT2D eigenvalue weighted by atomic mass is 10.0. The van der Waals surface area contributed by atoms with E-state index < -0.39 is 12.1 Å². The van der Waals surface area contributed by atoms with Crippen LogP contribution in [0.15, 0.2) is 30.5 Å². The lowest BCUT2D eigenvalue weighted by Crippen LogP contribution is -2.51. The number of aromatic nitrogens is 1. The smallest absolute Gasteiger partial charge is 0.243 e. The summed E-state index contributed by atoms with van der Waals surface area (Å²) in [5.74, 6) is -1.16. The Morgan fingerprint density at radius 2 is 1.62 bits per heavy atom. The van der Waals surface area contributed by atoms with Crippen LogP contribution >= 0.6 is 0 Å². The first-order chi connectivity index (χ1) is 16.5. The number of carbonyl (C=O) groups is 4. The zero-order chi connectivity index (χ0) is 24.3.